The Kier molecular flexibility index (Phi) is 4.93. The van der Waals surface area contributed by atoms with Crippen LogP contribution in [0.1, 0.15) is 26.3 Å². The van der Waals surface area contributed by atoms with Crippen LogP contribution >= 0.6 is 0 Å². The monoisotopic (exact) mass is 374 g/mol. The zero-order valence-corrected chi connectivity index (χ0v) is 15.0. The van der Waals surface area contributed by atoms with Crippen molar-refractivity contribution in [2.24, 2.45) is 0 Å². The Morgan fingerprint density at radius 3 is 2.36 bits per heavy atom. The second kappa shape index (κ2) is 7.84. The van der Waals surface area contributed by atoms with Gasteiger partial charge in [-0.1, -0.05) is 30.3 Å². The molecule has 140 valence electrons. The van der Waals surface area contributed by atoms with Gasteiger partial charge >= 0.3 is 0 Å². The van der Waals surface area contributed by atoms with E-state index in [4.69, 9.17) is 9.47 Å². The predicted octanol–water partition coefficient (Wildman–Crippen LogP) is 3.60. The van der Waals surface area contributed by atoms with Crippen LogP contribution in [0.2, 0.25) is 0 Å². The molecule has 0 saturated carbocycles. The van der Waals surface area contributed by atoms with E-state index in [1.807, 2.05) is 36.4 Å². The molecule has 0 aromatic heterocycles. The lowest BCUT2D eigenvalue weighted by Crippen LogP contribution is -2.23. The largest absolute Gasteiger partial charge is 0.454 e. The molecule has 3 aromatic rings. The average molecular weight is 374 g/mol. The molecule has 0 spiro atoms. The molecular formula is C22H18N2O4. The van der Waals surface area contributed by atoms with E-state index in [1.54, 1.807) is 36.4 Å². The number of hydrogen-bond donors (Lipinski definition) is 2. The number of nitrogens with one attached hydrogen (secondary N) is 2. The van der Waals surface area contributed by atoms with Crippen LogP contribution < -0.4 is 20.1 Å². The Bertz CT molecular complexity index is 1020. The highest BCUT2D eigenvalue weighted by Crippen LogP contribution is 2.32. The van der Waals surface area contributed by atoms with Gasteiger partial charge in [0.2, 0.25) is 6.79 Å². The second-order valence-corrected chi connectivity index (χ2v) is 6.27. The maximum atomic E-state index is 12.5. The average Bonchev–Trinajstić information content (AvgIpc) is 3.20. The van der Waals surface area contributed by atoms with Crippen molar-refractivity contribution in [3.8, 4) is 11.5 Å². The van der Waals surface area contributed by atoms with Gasteiger partial charge in [-0.25, -0.2) is 0 Å². The van der Waals surface area contributed by atoms with Gasteiger partial charge < -0.3 is 20.1 Å². The third kappa shape index (κ3) is 3.96. The van der Waals surface area contributed by atoms with Crippen LogP contribution in [0.25, 0.3) is 0 Å². The van der Waals surface area contributed by atoms with Crippen LogP contribution in [0.3, 0.4) is 0 Å². The minimum Gasteiger partial charge on any atom is -0.454 e. The first-order valence-corrected chi connectivity index (χ1v) is 8.82. The molecule has 1 aliphatic rings. The third-order valence-corrected chi connectivity index (χ3v) is 4.31. The van der Waals surface area contributed by atoms with Gasteiger partial charge in [-0.3, -0.25) is 9.59 Å². The smallest absolute Gasteiger partial charge is 0.255 e. The van der Waals surface area contributed by atoms with Gasteiger partial charge in [0, 0.05) is 23.4 Å². The number of carbonyl (C=O) groups is 2. The topological polar surface area (TPSA) is 76.7 Å². The molecule has 0 atom stereocenters. The molecule has 0 saturated heterocycles. The molecule has 1 heterocycles. The molecule has 6 heteroatoms. The molecule has 28 heavy (non-hydrogen) atoms. The van der Waals surface area contributed by atoms with Crippen molar-refractivity contribution in [2.45, 2.75) is 6.54 Å². The fourth-order valence-electron chi connectivity index (χ4n) is 2.86. The maximum absolute atomic E-state index is 12.5. The number of anilines is 1. The highest BCUT2D eigenvalue weighted by atomic mass is 16.7. The highest BCUT2D eigenvalue weighted by molar-refractivity contribution is 6.06. The van der Waals surface area contributed by atoms with E-state index in [1.165, 1.54) is 0 Å². The predicted molar refractivity (Wildman–Crippen MR) is 105 cm³/mol. The van der Waals surface area contributed by atoms with Crippen molar-refractivity contribution in [1.82, 2.24) is 5.32 Å². The number of para-hydroxylation sites is 1. The van der Waals surface area contributed by atoms with Crippen LogP contribution in [-0.4, -0.2) is 18.6 Å². The lowest BCUT2D eigenvalue weighted by atomic mass is 10.1. The van der Waals surface area contributed by atoms with Gasteiger partial charge in [-0.15, -0.1) is 0 Å². The molecule has 6 nitrogen and oxygen atoms in total. The molecule has 0 aliphatic carbocycles. The lowest BCUT2D eigenvalue weighted by molar-refractivity contribution is 0.0951. The summed E-state index contributed by atoms with van der Waals surface area (Å²) >= 11 is 0. The summed E-state index contributed by atoms with van der Waals surface area (Å²) in [5, 5.41) is 5.66. The second-order valence-electron chi connectivity index (χ2n) is 6.27. The van der Waals surface area contributed by atoms with Crippen molar-refractivity contribution >= 4 is 17.5 Å². The summed E-state index contributed by atoms with van der Waals surface area (Å²) in [6.07, 6.45) is 0. The summed E-state index contributed by atoms with van der Waals surface area (Å²) in [4.78, 5) is 24.9. The van der Waals surface area contributed by atoms with Crippen molar-refractivity contribution < 1.29 is 19.1 Å². The van der Waals surface area contributed by atoms with Gasteiger partial charge in [0.05, 0.1) is 0 Å². The number of rotatable bonds is 5. The van der Waals surface area contributed by atoms with Crippen LogP contribution in [0.5, 0.6) is 11.5 Å². The fourth-order valence-corrected chi connectivity index (χ4v) is 2.86. The van der Waals surface area contributed by atoms with Crippen molar-refractivity contribution in [1.29, 1.82) is 0 Å². The molecule has 3 aromatic carbocycles. The third-order valence-electron chi connectivity index (χ3n) is 4.31. The van der Waals surface area contributed by atoms with Crippen LogP contribution in [0.4, 0.5) is 5.69 Å². The van der Waals surface area contributed by atoms with Crippen molar-refractivity contribution in [3.05, 3.63) is 89.5 Å². The quantitative estimate of drug-likeness (QED) is 0.715. The molecular weight excluding hydrogens is 356 g/mol. The normalized spacial score (nSPS) is 11.7. The fraction of sp³-hybridized carbons (Fsp3) is 0.0909. The first-order chi connectivity index (χ1) is 13.7. The van der Waals surface area contributed by atoms with E-state index >= 15 is 0 Å². The van der Waals surface area contributed by atoms with E-state index in [9.17, 15) is 9.59 Å². The summed E-state index contributed by atoms with van der Waals surface area (Å²) in [7, 11) is 0. The van der Waals surface area contributed by atoms with Gasteiger partial charge in [0.1, 0.15) is 0 Å². The lowest BCUT2D eigenvalue weighted by Gasteiger charge is -2.08. The number of benzene rings is 3. The molecule has 1 aliphatic heterocycles. The maximum Gasteiger partial charge on any atom is 0.255 e. The standard InChI is InChI=1S/C22H18N2O4/c25-21(23-13-15-9-10-19-20(11-15)28-14-27-19)16-5-4-6-17(12-16)22(26)24-18-7-2-1-3-8-18/h1-12H,13-14H2,(H,23,25)(H,24,26). The van der Waals surface area contributed by atoms with Gasteiger partial charge in [-0.2, -0.15) is 0 Å². The van der Waals surface area contributed by atoms with E-state index in [-0.39, 0.29) is 18.6 Å². The van der Waals surface area contributed by atoms with Crippen LogP contribution in [0, 0.1) is 0 Å². The van der Waals surface area contributed by atoms with Crippen LogP contribution in [-0.2, 0) is 6.54 Å². The summed E-state index contributed by atoms with van der Waals surface area (Å²) in [6.45, 7) is 0.554. The molecule has 4 rings (SSSR count). The van der Waals surface area contributed by atoms with Gasteiger partial charge in [0.25, 0.3) is 11.8 Å². The first kappa shape index (κ1) is 17.6. The zero-order chi connectivity index (χ0) is 19.3. The van der Waals surface area contributed by atoms with E-state index in [0.29, 0.717) is 34.9 Å². The van der Waals surface area contributed by atoms with Crippen LogP contribution in [0.15, 0.2) is 72.8 Å². The van der Waals surface area contributed by atoms with Crippen molar-refractivity contribution in [3.63, 3.8) is 0 Å². The molecule has 0 radical (unpaired) electrons. The SMILES string of the molecule is O=C(NCc1ccc2c(c1)OCO2)c1cccc(C(=O)Nc2ccccc2)c1. The number of amides is 2. The van der Waals surface area contributed by atoms with Gasteiger partial charge in [-0.05, 0) is 48.0 Å². The van der Waals surface area contributed by atoms with E-state index in [0.717, 1.165) is 5.56 Å². The zero-order valence-electron chi connectivity index (χ0n) is 15.0. The van der Waals surface area contributed by atoms with Crippen molar-refractivity contribution in [2.75, 3.05) is 12.1 Å². The number of hydrogen-bond acceptors (Lipinski definition) is 4. The molecule has 0 bridgehead atoms. The first-order valence-electron chi connectivity index (χ1n) is 8.82. The Labute approximate surface area is 162 Å². The molecule has 2 amide bonds. The Hall–Kier alpha value is -3.80. The Balaban J connectivity index is 1.40. The van der Waals surface area contributed by atoms with Gasteiger partial charge in [0.15, 0.2) is 11.5 Å². The van der Waals surface area contributed by atoms with E-state index in [2.05, 4.69) is 10.6 Å². The molecule has 0 unspecified atom stereocenters. The summed E-state index contributed by atoms with van der Waals surface area (Å²) in [5.41, 5.74) is 2.43. The summed E-state index contributed by atoms with van der Waals surface area (Å²) < 4.78 is 10.6. The molecule has 0 fully saturated rings. The summed E-state index contributed by atoms with van der Waals surface area (Å²) in [6, 6.07) is 21.3. The molecule has 2 N–H and O–H groups in total. The highest BCUT2D eigenvalue weighted by Gasteiger charge is 2.14. The Morgan fingerprint density at radius 1 is 0.786 bits per heavy atom. The number of ether oxygens (including phenoxy) is 2. The number of fused-ring (bicyclic) bond motifs is 1. The Morgan fingerprint density at radius 2 is 1.54 bits per heavy atom. The minimum atomic E-state index is -0.267. The minimum absolute atomic E-state index is 0.211. The summed E-state index contributed by atoms with van der Waals surface area (Å²) in [5.74, 6) is 0.849. The van der Waals surface area contributed by atoms with E-state index < -0.39 is 0 Å². The number of carbonyl (C=O) groups excluding carboxylic acids is 2.